The van der Waals surface area contributed by atoms with E-state index < -0.39 is 20.9 Å². The summed E-state index contributed by atoms with van der Waals surface area (Å²) < 4.78 is 37.3. The molecule has 1 amide bonds. The Bertz CT molecular complexity index is 1190. The topological polar surface area (TPSA) is 86.7 Å². The maximum Gasteiger partial charge on any atom is 0.227 e. The second kappa shape index (κ2) is 8.98. The van der Waals surface area contributed by atoms with Crippen LogP contribution in [0.3, 0.4) is 0 Å². The van der Waals surface area contributed by atoms with E-state index in [2.05, 4.69) is 10.2 Å². The largest absolute Gasteiger partial charge is 0.384 e. The molecule has 3 aliphatic rings. The van der Waals surface area contributed by atoms with Crippen molar-refractivity contribution in [2.45, 2.75) is 61.0 Å². The number of benzene rings is 2. The van der Waals surface area contributed by atoms with Gasteiger partial charge in [0.05, 0.1) is 10.3 Å². The lowest BCUT2D eigenvalue weighted by Crippen LogP contribution is -2.57. The van der Waals surface area contributed by atoms with E-state index in [-0.39, 0.29) is 28.6 Å². The number of carbonyl (C=O) groups is 1. The fourth-order valence-corrected chi connectivity index (χ4v) is 7.25. The maximum atomic E-state index is 13.5. The molecule has 188 valence electrons. The minimum Gasteiger partial charge on any atom is -0.384 e. The van der Waals surface area contributed by atoms with Gasteiger partial charge in [0, 0.05) is 24.8 Å². The average Bonchev–Trinajstić information content (AvgIpc) is 3.15. The van der Waals surface area contributed by atoms with Crippen molar-refractivity contribution in [3.8, 4) is 0 Å². The molecule has 0 bridgehead atoms. The van der Waals surface area contributed by atoms with Gasteiger partial charge >= 0.3 is 0 Å². The van der Waals surface area contributed by atoms with Gasteiger partial charge in [-0.15, -0.1) is 0 Å². The SMILES string of the molecule is CS(=O)(=O)c1ccc(C2(O)CCCCC2N2CCC3(CC2)C(=O)NCC3c2ccc(F)cc2)cc1. The number of hydrogen-bond donors (Lipinski definition) is 2. The number of piperidine rings is 1. The number of amides is 1. The second-order valence-corrected chi connectivity index (χ2v) is 12.5. The highest BCUT2D eigenvalue weighted by Gasteiger charge is 2.54. The Balaban J connectivity index is 1.37. The summed E-state index contributed by atoms with van der Waals surface area (Å²) in [5.41, 5.74) is 0.154. The van der Waals surface area contributed by atoms with E-state index in [0.29, 0.717) is 38.9 Å². The maximum absolute atomic E-state index is 13.5. The number of rotatable bonds is 4. The third-order valence-corrected chi connectivity index (χ3v) is 9.74. The van der Waals surface area contributed by atoms with Crippen LogP contribution in [0.15, 0.2) is 53.4 Å². The Morgan fingerprint density at radius 1 is 1.00 bits per heavy atom. The van der Waals surface area contributed by atoms with Gasteiger partial charge in [0.1, 0.15) is 11.4 Å². The predicted octanol–water partition coefficient (Wildman–Crippen LogP) is 3.36. The fourth-order valence-electron chi connectivity index (χ4n) is 6.62. The van der Waals surface area contributed by atoms with E-state index in [1.54, 1.807) is 36.4 Å². The minimum atomic E-state index is -3.30. The second-order valence-electron chi connectivity index (χ2n) is 10.5. The highest BCUT2D eigenvalue weighted by molar-refractivity contribution is 7.90. The molecule has 2 aliphatic heterocycles. The Hall–Kier alpha value is -2.29. The molecule has 1 spiro atoms. The zero-order chi connectivity index (χ0) is 24.8. The Kier molecular flexibility index (Phi) is 6.26. The zero-order valence-corrected chi connectivity index (χ0v) is 20.9. The number of nitrogens with one attached hydrogen (secondary N) is 1. The van der Waals surface area contributed by atoms with E-state index in [9.17, 15) is 22.7 Å². The summed E-state index contributed by atoms with van der Waals surface area (Å²) in [4.78, 5) is 15.6. The Labute approximate surface area is 206 Å². The number of sulfone groups is 1. The number of likely N-dealkylation sites (tertiary alicyclic amines) is 1. The molecule has 5 rings (SSSR count). The molecule has 3 atom stereocenters. The monoisotopic (exact) mass is 500 g/mol. The van der Waals surface area contributed by atoms with Gasteiger partial charge in [0.15, 0.2) is 9.84 Å². The number of hydrogen-bond acceptors (Lipinski definition) is 5. The van der Waals surface area contributed by atoms with E-state index >= 15 is 0 Å². The van der Waals surface area contributed by atoms with Gasteiger partial charge in [-0.3, -0.25) is 9.69 Å². The number of aliphatic hydroxyl groups is 1. The first-order valence-corrected chi connectivity index (χ1v) is 14.3. The summed E-state index contributed by atoms with van der Waals surface area (Å²) in [6.07, 6.45) is 5.95. The van der Waals surface area contributed by atoms with Gasteiger partial charge in [-0.1, -0.05) is 37.1 Å². The first-order chi connectivity index (χ1) is 16.6. The third-order valence-electron chi connectivity index (χ3n) is 8.61. The number of halogens is 1. The van der Waals surface area contributed by atoms with Crippen LogP contribution in [0, 0.1) is 11.2 Å². The molecular weight excluding hydrogens is 467 g/mol. The van der Waals surface area contributed by atoms with Crippen LogP contribution in [0.25, 0.3) is 0 Å². The molecule has 0 radical (unpaired) electrons. The van der Waals surface area contributed by atoms with Gasteiger partial charge in [-0.05, 0) is 74.2 Å². The lowest BCUT2D eigenvalue weighted by molar-refractivity contribution is -0.134. The van der Waals surface area contributed by atoms with Crippen molar-refractivity contribution in [3.05, 3.63) is 65.5 Å². The van der Waals surface area contributed by atoms with E-state index in [1.165, 1.54) is 18.4 Å². The predicted molar refractivity (Wildman–Crippen MR) is 131 cm³/mol. The molecule has 2 aromatic carbocycles. The van der Waals surface area contributed by atoms with Crippen LogP contribution in [0.2, 0.25) is 0 Å². The van der Waals surface area contributed by atoms with Crippen molar-refractivity contribution in [1.29, 1.82) is 0 Å². The smallest absolute Gasteiger partial charge is 0.227 e. The van der Waals surface area contributed by atoms with Crippen molar-refractivity contribution in [3.63, 3.8) is 0 Å². The lowest BCUT2D eigenvalue weighted by atomic mass is 9.66. The van der Waals surface area contributed by atoms with Crippen LogP contribution in [0.1, 0.15) is 55.6 Å². The molecule has 1 saturated carbocycles. The molecule has 2 N–H and O–H groups in total. The van der Waals surface area contributed by atoms with Crippen LogP contribution in [0.4, 0.5) is 4.39 Å². The van der Waals surface area contributed by atoms with Crippen LogP contribution >= 0.6 is 0 Å². The third kappa shape index (κ3) is 4.30. The van der Waals surface area contributed by atoms with E-state index in [1.807, 2.05) is 0 Å². The summed E-state index contributed by atoms with van der Waals surface area (Å²) in [5, 5.41) is 15.0. The summed E-state index contributed by atoms with van der Waals surface area (Å²) in [6, 6.07) is 13.0. The molecule has 6 nitrogen and oxygen atoms in total. The van der Waals surface area contributed by atoms with Crippen molar-refractivity contribution < 1.29 is 22.7 Å². The van der Waals surface area contributed by atoms with Gasteiger partial charge in [0.25, 0.3) is 0 Å². The normalized spacial score (nSPS) is 29.3. The summed E-state index contributed by atoms with van der Waals surface area (Å²) in [7, 11) is -3.30. The molecule has 1 aliphatic carbocycles. The lowest BCUT2D eigenvalue weighted by Gasteiger charge is -2.50. The first kappa shape index (κ1) is 24.4. The summed E-state index contributed by atoms with van der Waals surface area (Å²) >= 11 is 0. The molecule has 8 heteroatoms. The minimum absolute atomic E-state index is 0.00604. The summed E-state index contributed by atoms with van der Waals surface area (Å²) in [5.74, 6) is -0.204. The molecule has 35 heavy (non-hydrogen) atoms. The van der Waals surface area contributed by atoms with Crippen LogP contribution in [0.5, 0.6) is 0 Å². The van der Waals surface area contributed by atoms with Crippen molar-refractivity contribution in [1.82, 2.24) is 10.2 Å². The van der Waals surface area contributed by atoms with E-state index in [0.717, 1.165) is 30.4 Å². The average molecular weight is 501 g/mol. The molecule has 3 fully saturated rings. The van der Waals surface area contributed by atoms with Gasteiger partial charge in [0.2, 0.25) is 5.91 Å². The quantitative estimate of drug-likeness (QED) is 0.673. The van der Waals surface area contributed by atoms with Crippen molar-refractivity contribution in [2.75, 3.05) is 25.9 Å². The zero-order valence-electron chi connectivity index (χ0n) is 20.0. The van der Waals surface area contributed by atoms with Crippen LogP contribution in [-0.4, -0.2) is 56.3 Å². The Morgan fingerprint density at radius 2 is 1.66 bits per heavy atom. The van der Waals surface area contributed by atoms with Crippen LogP contribution < -0.4 is 5.32 Å². The molecule has 2 heterocycles. The molecule has 3 unspecified atom stereocenters. The molecule has 2 saturated heterocycles. The van der Waals surface area contributed by atoms with Crippen molar-refractivity contribution in [2.24, 2.45) is 5.41 Å². The van der Waals surface area contributed by atoms with Gasteiger partial charge in [-0.2, -0.15) is 0 Å². The van der Waals surface area contributed by atoms with Gasteiger partial charge < -0.3 is 10.4 Å². The molecule has 0 aromatic heterocycles. The van der Waals surface area contributed by atoms with E-state index in [4.69, 9.17) is 0 Å². The first-order valence-electron chi connectivity index (χ1n) is 12.4. The Morgan fingerprint density at radius 3 is 2.29 bits per heavy atom. The van der Waals surface area contributed by atoms with Crippen LogP contribution in [-0.2, 0) is 20.2 Å². The highest BCUT2D eigenvalue weighted by Crippen LogP contribution is 2.50. The van der Waals surface area contributed by atoms with Gasteiger partial charge in [-0.25, -0.2) is 12.8 Å². The number of nitrogens with zero attached hydrogens (tertiary/aromatic N) is 1. The molecule has 2 aromatic rings. The van der Waals surface area contributed by atoms with Crippen molar-refractivity contribution >= 4 is 15.7 Å². The summed E-state index contributed by atoms with van der Waals surface area (Å²) in [6.45, 7) is 1.95. The molecular formula is C27H33FN2O4S. The standard InChI is InChI=1S/C27H33FN2O4S/c1-35(33,34)22-11-7-20(8-12-22)27(32)13-3-2-4-24(27)30-16-14-26(15-17-30)23(18-29-25(26)31)19-5-9-21(28)10-6-19/h5-12,23-24,32H,2-4,13-18H2,1H3,(H,29,31). The number of carbonyl (C=O) groups excluding carboxylic acids is 1. The highest BCUT2D eigenvalue weighted by atomic mass is 32.2. The fraction of sp³-hybridized carbons (Fsp3) is 0.519.